The number of carbonyl (C=O) groups excluding carboxylic acids is 2. The Kier molecular flexibility index (Phi) is 3.94. The molecule has 0 aromatic heterocycles. The Morgan fingerprint density at radius 2 is 2.00 bits per heavy atom. The van der Waals surface area contributed by atoms with E-state index in [2.05, 4.69) is 10.1 Å². The van der Waals surface area contributed by atoms with Crippen LogP contribution in [0.1, 0.15) is 38.8 Å². The molecule has 2 unspecified atom stereocenters. The topological polar surface area (TPSA) is 95.9 Å². The van der Waals surface area contributed by atoms with Crippen molar-refractivity contribution in [3.8, 4) is 0 Å². The summed E-state index contributed by atoms with van der Waals surface area (Å²) in [5.41, 5.74) is 0.392. The van der Waals surface area contributed by atoms with E-state index < -0.39 is 24.1 Å². The summed E-state index contributed by atoms with van der Waals surface area (Å²) < 4.78 is 4.50. The lowest BCUT2D eigenvalue weighted by molar-refractivity contribution is 0.0132. The number of cyclic esters (lactones) is 2. The first-order chi connectivity index (χ1) is 9.06. The fourth-order valence-corrected chi connectivity index (χ4v) is 2.06. The minimum absolute atomic E-state index is 0.0449. The molecule has 0 spiro atoms. The molecule has 1 heterocycles. The predicted octanol–water partition coefficient (Wildman–Crippen LogP) is 0.00100. The Balaban J connectivity index is 2.31. The molecule has 3 N–H and O–H groups in total. The van der Waals surface area contributed by atoms with Gasteiger partial charge in [0.2, 0.25) is 0 Å². The van der Waals surface area contributed by atoms with Crippen molar-refractivity contribution in [1.82, 2.24) is 5.32 Å². The third-order valence-electron chi connectivity index (χ3n) is 3.08. The minimum Gasteiger partial charge on any atom is -0.390 e. The first-order valence-electron chi connectivity index (χ1n) is 5.96. The number of hydrogen-bond acceptors (Lipinski definition) is 6. The quantitative estimate of drug-likeness (QED) is 0.512. The van der Waals surface area contributed by atoms with E-state index in [-0.39, 0.29) is 16.7 Å². The second kappa shape index (κ2) is 5.48. The van der Waals surface area contributed by atoms with Crippen LogP contribution in [0.15, 0.2) is 18.2 Å². The highest BCUT2D eigenvalue weighted by molar-refractivity contribution is 6.15. The number of rotatable bonds is 5. The lowest BCUT2D eigenvalue weighted by atomic mass is 9.94. The van der Waals surface area contributed by atoms with Crippen molar-refractivity contribution in [1.29, 1.82) is 0 Å². The third-order valence-corrected chi connectivity index (χ3v) is 3.08. The molecule has 2 atom stereocenters. The number of hydrogen-bond donors (Lipinski definition) is 3. The number of esters is 2. The van der Waals surface area contributed by atoms with Crippen molar-refractivity contribution in [2.24, 2.45) is 0 Å². The van der Waals surface area contributed by atoms with Gasteiger partial charge in [-0.15, -0.1) is 0 Å². The Labute approximate surface area is 110 Å². The van der Waals surface area contributed by atoms with Crippen LogP contribution in [0.4, 0.5) is 0 Å². The summed E-state index contributed by atoms with van der Waals surface area (Å²) in [5.74, 6) is -1.51. The molecule has 0 bridgehead atoms. The number of nitrogens with one attached hydrogen (secondary N) is 1. The Hall–Kier alpha value is -1.76. The van der Waals surface area contributed by atoms with Gasteiger partial charge in [0.1, 0.15) is 6.10 Å². The van der Waals surface area contributed by atoms with Crippen LogP contribution in [-0.2, 0) is 4.74 Å². The van der Waals surface area contributed by atoms with Crippen LogP contribution in [-0.4, -0.2) is 41.8 Å². The zero-order valence-corrected chi connectivity index (χ0v) is 10.4. The molecular weight excluding hydrogens is 250 g/mol. The Bertz CT molecular complexity index is 514. The summed E-state index contributed by atoms with van der Waals surface area (Å²) in [4.78, 5) is 23.0. The molecule has 1 aliphatic heterocycles. The first-order valence-corrected chi connectivity index (χ1v) is 5.96. The lowest BCUT2D eigenvalue weighted by Gasteiger charge is -2.19. The van der Waals surface area contributed by atoms with E-state index in [1.165, 1.54) is 12.1 Å². The standard InChI is InChI=1S/C13H15NO5/c1-14-6-5-9(15)11(16)7-3-2-4-8-10(7)13(18)19-12(8)17/h2-4,9,11,14-16H,5-6H2,1H3. The summed E-state index contributed by atoms with van der Waals surface area (Å²) in [7, 11) is 1.73. The molecule has 0 saturated carbocycles. The summed E-state index contributed by atoms with van der Waals surface area (Å²) in [5, 5.41) is 22.8. The molecule has 6 nitrogen and oxygen atoms in total. The molecule has 102 valence electrons. The van der Waals surface area contributed by atoms with E-state index >= 15 is 0 Å². The normalized spacial score (nSPS) is 17.0. The number of carbonyl (C=O) groups is 2. The van der Waals surface area contributed by atoms with Crippen molar-refractivity contribution >= 4 is 11.9 Å². The van der Waals surface area contributed by atoms with E-state index in [1.807, 2.05) is 0 Å². The zero-order chi connectivity index (χ0) is 14.0. The van der Waals surface area contributed by atoms with Gasteiger partial charge in [-0.1, -0.05) is 12.1 Å². The van der Waals surface area contributed by atoms with Crippen LogP contribution in [0.5, 0.6) is 0 Å². The van der Waals surface area contributed by atoms with Crippen molar-refractivity contribution in [2.45, 2.75) is 18.6 Å². The van der Waals surface area contributed by atoms with Gasteiger partial charge in [-0.05, 0) is 31.6 Å². The van der Waals surface area contributed by atoms with Gasteiger partial charge in [0.15, 0.2) is 0 Å². The first kappa shape index (κ1) is 13.7. The van der Waals surface area contributed by atoms with E-state index in [0.29, 0.717) is 13.0 Å². The molecule has 0 fully saturated rings. The van der Waals surface area contributed by atoms with E-state index in [1.54, 1.807) is 13.1 Å². The third kappa shape index (κ3) is 2.51. The van der Waals surface area contributed by atoms with Crippen molar-refractivity contribution in [3.05, 3.63) is 34.9 Å². The van der Waals surface area contributed by atoms with Gasteiger partial charge < -0.3 is 20.3 Å². The highest BCUT2D eigenvalue weighted by atomic mass is 16.6. The SMILES string of the molecule is CNCCC(O)C(O)c1cccc2c1C(=O)OC2=O. The van der Waals surface area contributed by atoms with Gasteiger partial charge in [0.25, 0.3) is 0 Å². The predicted molar refractivity (Wildman–Crippen MR) is 65.7 cm³/mol. The maximum absolute atomic E-state index is 11.6. The maximum atomic E-state index is 11.6. The van der Waals surface area contributed by atoms with Crippen LogP contribution < -0.4 is 5.32 Å². The monoisotopic (exact) mass is 265 g/mol. The lowest BCUT2D eigenvalue weighted by Crippen LogP contribution is -2.24. The number of fused-ring (bicyclic) bond motifs is 1. The molecule has 19 heavy (non-hydrogen) atoms. The van der Waals surface area contributed by atoms with E-state index in [9.17, 15) is 19.8 Å². The van der Waals surface area contributed by atoms with Gasteiger partial charge in [-0.25, -0.2) is 9.59 Å². The van der Waals surface area contributed by atoms with Crippen LogP contribution in [0.25, 0.3) is 0 Å². The number of benzene rings is 1. The Morgan fingerprint density at radius 3 is 2.68 bits per heavy atom. The van der Waals surface area contributed by atoms with Gasteiger partial charge in [-0.3, -0.25) is 0 Å². The average molecular weight is 265 g/mol. The number of aliphatic hydroxyl groups is 2. The van der Waals surface area contributed by atoms with Crippen molar-refractivity contribution in [2.75, 3.05) is 13.6 Å². The van der Waals surface area contributed by atoms with Gasteiger partial charge in [-0.2, -0.15) is 0 Å². The molecular formula is C13H15NO5. The fraction of sp³-hybridized carbons (Fsp3) is 0.385. The molecule has 0 aliphatic carbocycles. The van der Waals surface area contributed by atoms with Crippen LogP contribution in [0, 0.1) is 0 Å². The highest BCUT2D eigenvalue weighted by Gasteiger charge is 2.35. The zero-order valence-electron chi connectivity index (χ0n) is 10.4. The second-order valence-electron chi connectivity index (χ2n) is 4.35. The summed E-state index contributed by atoms with van der Waals surface area (Å²) in [6.07, 6.45) is -1.94. The largest absolute Gasteiger partial charge is 0.390 e. The number of aliphatic hydroxyl groups excluding tert-OH is 2. The molecule has 0 saturated heterocycles. The van der Waals surface area contributed by atoms with Gasteiger partial charge in [0, 0.05) is 0 Å². The van der Waals surface area contributed by atoms with Crippen molar-refractivity contribution in [3.63, 3.8) is 0 Å². The van der Waals surface area contributed by atoms with E-state index in [0.717, 1.165) is 0 Å². The highest BCUT2D eigenvalue weighted by Crippen LogP contribution is 2.29. The van der Waals surface area contributed by atoms with E-state index in [4.69, 9.17) is 0 Å². The average Bonchev–Trinajstić information content (AvgIpc) is 2.70. The molecule has 1 aromatic rings. The van der Waals surface area contributed by atoms with Crippen LogP contribution >= 0.6 is 0 Å². The molecule has 6 heteroatoms. The van der Waals surface area contributed by atoms with Crippen LogP contribution in [0.2, 0.25) is 0 Å². The number of ether oxygens (including phenoxy) is 1. The summed E-state index contributed by atoms with van der Waals surface area (Å²) in [6, 6.07) is 4.51. The fourth-order valence-electron chi connectivity index (χ4n) is 2.06. The van der Waals surface area contributed by atoms with Gasteiger partial charge in [0.05, 0.1) is 17.2 Å². The minimum atomic E-state index is -1.23. The molecule has 2 rings (SSSR count). The maximum Gasteiger partial charge on any atom is 0.347 e. The molecule has 0 radical (unpaired) electrons. The molecule has 1 aliphatic rings. The smallest absolute Gasteiger partial charge is 0.347 e. The second-order valence-corrected chi connectivity index (χ2v) is 4.35. The molecule has 0 amide bonds. The molecule has 1 aromatic carbocycles. The Morgan fingerprint density at radius 1 is 1.26 bits per heavy atom. The van der Waals surface area contributed by atoms with Gasteiger partial charge >= 0.3 is 11.9 Å². The van der Waals surface area contributed by atoms with Crippen molar-refractivity contribution < 1.29 is 24.5 Å². The van der Waals surface area contributed by atoms with Crippen LogP contribution in [0.3, 0.4) is 0 Å². The summed E-state index contributed by atoms with van der Waals surface area (Å²) in [6.45, 7) is 0.524. The summed E-state index contributed by atoms with van der Waals surface area (Å²) >= 11 is 0.